The smallest absolute Gasteiger partial charge is 0.149 e. The number of benzene rings is 3. The molecule has 0 fully saturated rings. The van der Waals surface area contributed by atoms with E-state index in [-0.39, 0.29) is 16.6 Å². The van der Waals surface area contributed by atoms with Gasteiger partial charge in [-0.15, -0.1) is 6.08 Å². The van der Waals surface area contributed by atoms with Gasteiger partial charge >= 0.3 is 0 Å². The van der Waals surface area contributed by atoms with Gasteiger partial charge in [-0.1, -0.05) is 88.4 Å². The predicted octanol–water partition coefficient (Wildman–Crippen LogP) is 6.83. The minimum absolute atomic E-state index is 0.153. The molecule has 0 spiro atoms. The monoisotopic (exact) mass is 448 g/mol. The number of Topliss-reactive ketones (excluding diaryl/α,β-unsaturated/α-hetero) is 1. The Hall–Kier alpha value is -3.59. The van der Waals surface area contributed by atoms with E-state index in [2.05, 4.69) is 117 Å². The number of nitrogens with zero attached hydrogens (tertiary/aromatic N) is 2. The number of anilines is 1. The van der Waals surface area contributed by atoms with Crippen LogP contribution in [0.5, 0.6) is 0 Å². The van der Waals surface area contributed by atoms with Crippen molar-refractivity contribution in [2.24, 2.45) is 0 Å². The van der Waals surface area contributed by atoms with Crippen molar-refractivity contribution in [3.8, 4) is 0 Å². The van der Waals surface area contributed by atoms with Crippen LogP contribution >= 0.6 is 0 Å². The van der Waals surface area contributed by atoms with Crippen molar-refractivity contribution in [1.29, 1.82) is 0 Å². The van der Waals surface area contributed by atoms with E-state index in [0.29, 0.717) is 6.54 Å². The van der Waals surface area contributed by atoms with E-state index in [9.17, 15) is 4.79 Å². The summed E-state index contributed by atoms with van der Waals surface area (Å²) in [7, 11) is 0. The molecule has 0 saturated carbocycles. The molecule has 0 N–H and O–H groups in total. The Kier molecular flexibility index (Phi) is 5.05. The number of rotatable bonds is 4. The first-order valence-corrected chi connectivity index (χ1v) is 11.9. The minimum atomic E-state index is -0.185. The van der Waals surface area contributed by atoms with E-state index < -0.39 is 0 Å². The Bertz CT molecular complexity index is 1390. The second-order valence-corrected chi connectivity index (χ2v) is 10.5. The maximum Gasteiger partial charge on any atom is 0.149 e. The van der Waals surface area contributed by atoms with Gasteiger partial charge in [-0.3, -0.25) is 9.37 Å². The summed E-state index contributed by atoms with van der Waals surface area (Å²) < 4.78 is 2.07. The highest BCUT2D eigenvalue weighted by molar-refractivity contribution is 5.91. The average Bonchev–Trinajstić information content (AvgIpc) is 3.13. The zero-order chi connectivity index (χ0) is 24.3. The number of hydrogen-bond donors (Lipinski definition) is 0. The Morgan fingerprint density at radius 2 is 1.74 bits per heavy atom. The fourth-order valence-electron chi connectivity index (χ4n) is 5.80. The van der Waals surface area contributed by atoms with Gasteiger partial charge in [0.25, 0.3) is 0 Å². The average molecular weight is 449 g/mol. The third-order valence-electron chi connectivity index (χ3n) is 7.44. The molecule has 3 aromatic carbocycles. The number of fused-ring (bicyclic) bond motifs is 4. The van der Waals surface area contributed by atoms with Gasteiger partial charge in [0.2, 0.25) is 0 Å². The highest BCUT2D eigenvalue weighted by atomic mass is 16.1. The van der Waals surface area contributed by atoms with Crippen molar-refractivity contribution < 1.29 is 9.37 Å². The Morgan fingerprint density at radius 3 is 2.50 bits per heavy atom. The molecular weight excluding hydrogens is 416 g/mol. The molecule has 0 unspecified atom stereocenters. The van der Waals surface area contributed by atoms with Crippen LogP contribution in [0.4, 0.5) is 11.4 Å². The van der Waals surface area contributed by atoms with Gasteiger partial charge < -0.3 is 4.90 Å². The first kappa shape index (κ1) is 22.2. The van der Waals surface area contributed by atoms with Crippen LogP contribution < -0.4 is 4.90 Å². The summed E-state index contributed by atoms with van der Waals surface area (Å²) in [4.78, 5) is 14.3. The molecule has 172 valence electrons. The molecule has 2 heterocycles. The third kappa shape index (κ3) is 3.22. The molecule has 5 rings (SSSR count). The van der Waals surface area contributed by atoms with E-state index >= 15 is 0 Å². The maximum absolute atomic E-state index is 12.1. The molecule has 3 heteroatoms. The van der Waals surface area contributed by atoms with Crippen LogP contribution in [0.25, 0.3) is 10.8 Å². The Labute approximate surface area is 202 Å². The van der Waals surface area contributed by atoms with Gasteiger partial charge in [-0.25, -0.2) is 0 Å². The summed E-state index contributed by atoms with van der Waals surface area (Å²) in [5.74, 6) is 0.153. The quantitative estimate of drug-likeness (QED) is 0.322. The van der Waals surface area contributed by atoms with Crippen LogP contribution in [0.15, 0.2) is 84.6 Å². The molecule has 3 nitrogen and oxygen atoms in total. The second kappa shape index (κ2) is 7.73. The summed E-state index contributed by atoms with van der Waals surface area (Å²) in [6.45, 7) is 15.4. The highest BCUT2D eigenvalue weighted by Crippen LogP contribution is 2.51. The lowest BCUT2D eigenvalue weighted by Crippen LogP contribution is -2.30. The number of hydrogen-bond acceptors (Lipinski definition) is 2. The first-order chi connectivity index (χ1) is 16.1. The molecule has 34 heavy (non-hydrogen) atoms. The zero-order valence-electron chi connectivity index (χ0n) is 20.7. The normalized spacial score (nSPS) is 19.3. The van der Waals surface area contributed by atoms with E-state index in [0.717, 1.165) is 23.1 Å². The lowest BCUT2D eigenvalue weighted by molar-refractivity contribution is -0.405. The largest absolute Gasteiger partial charge is 0.337 e. The van der Waals surface area contributed by atoms with Crippen molar-refractivity contribution in [2.75, 3.05) is 11.4 Å². The van der Waals surface area contributed by atoms with Gasteiger partial charge in [-0.2, -0.15) is 0 Å². The maximum atomic E-state index is 12.1. The van der Waals surface area contributed by atoms with Crippen LogP contribution in [0.1, 0.15) is 45.7 Å². The zero-order valence-corrected chi connectivity index (χ0v) is 20.7. The molecule has 0 aromatic heterocycles. The molecule has 0 atom stereocenters. The molecule has 0 bridgehead atoms. The predicted molar refractivity (Wildman–Crippen MR) is 142 cm³/mol. The topological polar surface area (TPSA) is 23.3 Å². The lowest BCUT2D eigenvalue weighted by atomic mass is 9.78. The fraction of sp³-hybridized carbons (Fsp3) is 0.258. The highest BCUT2D eigenvalue weighted by Gasteiger charge is 2.44. The molecule has 0 aliphatic carbocycles. The number of carbonyl (C=O) groups excluding carboxylic acids is 1. The molecule has 2 aliphatic heterocycles. The number of carbonyl (C=O) groups is 1. The van der Waals surface area contributed by atoms with Crippen molar-refractivity contribution in [3.63, 3.8) is 0 Å². The van der Waals surface area contributed by atoms with E-state index in [1.54, 1.807) is 6.92 Å². The summed E-state index contributed by atoms with van der Waals surface area (Å²) in [5.41, 5.74) is 5.62. The van der Waals surface area contributed by atoms with Gasteiger partial charge in [0.05, 0.1) is 13.3 Å². The van der Waals surface area contributed by atoms with Gasteiger partial charge in [0.15, 0.2) is 0 Å². The van der Waals surface area contributed by atoms with Crippen LogP contribution in [0.3, 0.4) is 0 Å². The summed E-state index contributed by atoms with van der Waals surface area (Å²) in [5, 5.41) is 2.53. The lowest BCUT2D eigenvalue weighted by Gasteiger charge is -2.27. The molecular formula is C31H32N2O. The van der Waals surface area contributed by atoms with Crippen molar-refractivity contribution in [1.82, 2.24) is 0 Å². The van der Waals surface area contributed by atoms with Crippen LogP contribution in [-0.2, 0) is 15.6 Å². The van der Waals surface area contributed by atoms with Gasteiger partial charge in [0.1, 0.15) is 17.5 Å². The van der Waals surface area contributed by atoms with Crippen molar-refractivity contribution in [2.45, 2.75) is 45.4 Å². The van der Waals surface area contributed by atoms with Gasteiger partial charge in [0, 0.05) is 22.2 Å². The van der Waals surface area contributed by atoms with E-state index in [1.165, 1.54) is 21.9 Å². The third-order valence-corrected chi connectivity index (χ3v) is 7.44. The summed E-state index contributed by atoms with van der Waals surface area (Å²) in [6, 6.07) is 22.5. The standard InChI is InChI=1S/C31H32N2O/c1-21(34)20-33-25-15-10-9-14-24(25)30(2,3)28(33)17-11-16-27-31(4,5)29-23-13-8-7-12-22(23)18-19-26(29)32(27)6/h7-19H,6,20H2,1-5H3. The molecule has 0 radical (unpaired) electrons. The summed E-state index contributed by atoms with van der Waals surface area (Å²) >= 11 is 0. The first-order valence-electron chi connectivity index (χ1n) is 11.9. The molecule has 2 aliphatic rings. The number of para-hydroxylation sites is 1. The number of allylic oxidation sites excluding steroid dienone is 3. The van der Waals surface area contributed by atoms with Crippen molar-refractivity contribution >= 4 is 34.6 Å². The SMILES string of the molecule is C=[N+]1c2ccc3ccccc3c2C(C)(C)[C-]1C=CC=C1N(CC(C)=O)c2ccccc2C1(C)C. The van der Waals surface area contributed by atoms with E-state index in [4.69, 9.17) is 0 Å². The Balaban J connectivity index is 1.54. The molecule has 0 saturated heterocycles. The van der Waals surface area contributed by atoms with Crippen molar-refractivity contribution in [3.05, 3.63) is 102 Å². The minimum Gasteiger partial charge on any atom is -0.337 e. The van der Waals surface area contributed by atoms with E-state index in [1.807, 2.05) is 6.07 Å². The van der Waals surface area contributed by atoms with Crippen LogP contribution in [0.2, 0.25) is 0 Å². The fourth-order valence-corrected chi connectivity index (χ4v) is 5.80. The summed E-state index contributed by atoms with van der Waals surface area (Å²) in [6.07, 6.45) is 6.47. The molecule has 3 aromatic rings. The van der Waals surface area contributed by atoms with Crippen LogP contribution in [-0.4, -0.2) is 23.6 Å². The number of ketones is 1. The second-order valence-electron chi connectivity index (χ2n) is 10.5. The Morgan fingerprint density at radius 1 is 1.03 bits per heavy atom. The van der Waals surface area contributed by atoms with Gasteiger partial charge in [-0.05, 0) is 41.0 Å². The van der Waals surface area contributed by atoms with Crippen LogP contribution in [0, 0.1) is 6.04 Å². The molecule has 0 amide bonds.